The molecule has 0 saturated heterocycles. The number of benzene rings is 2. The Kier molecular flexibility index (Phi) is 2.77. The number of rotatable bonds is 2. The lowest BCUT2D eigenvalue weighted by atomic mass is 9.67. The highest BCUT2D eigenvalue weighted by atomic mass is 79.9. The molecule has 3 rings (SSSR count). The maximum atomic E-state index is 3.48. The van der Waals surface area contributed by atoms with E-state index in [1.165, 1.54) is 10.8 Å². The zero-order valence-electron chi connectivity index (χ0n) is 9.15. The highest BCUT2D eigenvalue weighted by molar-refractivity contribution is 9.10. The van der Waals surface area contributed by atoms with Crippen molar-refractivity contribution < 1.29 is 0 Å². The van der Waals surface area contributed by atoms with Gasteiger partial charge >= 0.3 is 0 Å². The topological polar surface area (TPSA) is 15.8 Å². The van der Waals surface area contributed by atoms with E-state index in [9.17, 15) is 0 Å². The third-order valence-electron chi connectivity index (χ3n) is 2.73. The van der Waals surface area contributed by atoms with Crippen LogP contribution in [0.2, 0.25) is 0 Å². The molecule has 1 radical (unpaired) electrons. The second-order valence-electron chi connectivity index (χ2n) is 4.01. The summed E-state index contributed by atoms with van der Waals surface area (Å²) in [5.41, 5.74) is 3.49. The van der Waals surface area contributed by atoms with E-state index < -0.39 is 0 Å². The Balaban J connectivity index is 1.96. The molecule has 0 aliphatic heterocycles. The molecule has 1 aromatic heterocycles. The van der Waals surface area contributed by atoms with Crippen LogP contribution in [-0.2, 0) is 0 Å². The van der Waals surface area contributed by atoms with Crippen molar-refractivity contribution in [2.24, 2.45) is 0 Å². The number of halogens is 1. The number of H-pyrrole nitrogens is 1. The fourth-order valence-electron chi connectivity index (χ4n) is 1.93. The van der Waals surface area contributed by atoms with E-state index in [1.54, 1.807) is 0 Å². The van der Waals surface area contributed by atoms with Gasteiger partial charge in [0, 0.05) is 9.99 Å². The zero-order valence-corrected chi connectivity index (χ0v) is 10.7. The Hall–Kier alpha value is -1.48. The van der Waals surface area contributed by atoms with Gasteiger partial charge in [-0.25, -0.2) is 0 Å². The molecule has 3 heteroatoms. The molecule has 0 unspecified atom stereocenters. The van der Waals surface area contributed by atoms with Crippen molar-refractivity contribution in [1.29, 1.82) is 0 Å². The van der Waals surface area contributed by atoms with Gasteiger partial charge in [-0.1, -0.05) is 57.8 Å². The minimum atomic E-state index is 1.10. The van der Waals surface area contributed by atoms with Crippen molar-refractivity contribution in [3.8, 4) is 0 Å². The Bertz CT molecular complexity index is 646. The van der Waals surface area contributed by atoms with Crippen LogP contribution in [0.1, 0.15) is 0 Å². The first-order valence-corrected chi connectivity index (χ1v) is 6.29. The fourth-order valence-corrected chi connectivity index (χ4v) is 2.29. The summed E-state index contributed by atoms with van der Waals surface area (Å²) < 4.78 is 1.10. The molecule has 17 heavy (non-hydrogen) atoms. The Labute approximate surface area is 109 Å². The van der Waals surface area contributed by atoms with Crippen molar-refractivity contribution >= 4 is 45.2 Å². The monoisotopic (exact) mass is 282 g/mol. The van der Waals surface area contributed by atoms with Gasteiger partial charge in [-0.3, -0.25) is 0 Å². The predicted molar refractivity (Wildman–Crippen MR) is 77.5 cm³/mol. The molecule has 0 saturated carbocycles. The van der Waals surface area contributed by atoms with Crippen molar-refractivity contribution in [2.45, 2.75) is 0 Å². The van der Waals surface area contributed by atoms with E-state index in [-0.39, 0.29) is 0 Å². The van der Waals surface area contributed by atoms with Crippen LogP contribution in [0.3, 0.4) is 0 Å². The molecule has 1 nitrogen and oxygen atoms in total. The SMILES string of the molecule is Brc1ccc2cc([B]c3ccccc3)[nH]c2c1. The fraction of sp³-hybridized carbons (Fsp3) is 0. The minimum absolute atomic E-state index is 1.10. The summed E-state index contributed by atoms with van der Waals surface area (Å²) in [6, 6.07) is 18.7. The van der Waals surface area contributed by atoms with Crippen LogP contribution in [0.4, 0.5) is 0 Å². The van der Waals surface area contributed by atoms with Crippen LogP contribution in [0, 0.1) is 0 Å². The normalized spacial score (nSPS) is 10.6. The standard InChI is InChI=1S/C14H10BBrN/c16-12-7-6-10-8-14(17-13(10)9-12)15-11-4-2-1-3-5-11/h1-9,17H. The van der Waals surface area contributed by atoms with E-state index in [2.05, 4.69) is 64.6 Å². The molecule has 0 fully saturated rings. The number of aromatic nitrogens is 1. The first kappa shape index (κ1) is 10.7. The second kappa shape index (κ2) is 4.42. The Morgan fingerprint density at radius 3 is 2.59 bits per heavy atom. The van der Waals surface area contributed by atoms with Crippen LogP contribution in [-0.4, -0.2) is 12.3 Å². The summed E-state index contributed by atoms with van der Waals surface area (Å²) in [5.74, 6) is 0. The summed E-state index contributed by atoms with van der Waals surface area (Å²) in [6.45, 7) is 0. The summed E-state index contributed by atoms with van der Waals surface area (Å²) in [6.07, 6.45) is 0. The Morgan fingerprint density at radius 1 is 0.941 bits per heavy atom. The van der Waals surface area contributed by atoms with E-state index in [0.717, 1.165) is 15.6 Å². The van der Waals surface area contributed by atoms with Gasteiger partial charge in [-0.05, 0) is 29.2 Å². The van der Waals surface area contributed by atoms with Crippen LogP contribution in [0.15, 0.2) is 59.1 Å². The molecule has 3 aromatic rings. The molecule has 0 aliphatic carbocycles. The first-order chi connectivity index (χ1) is 8.31. The first-order valence-electron chi connectivity index (χ1n) is 5.49. The van der Waals surface area contributed by atoms with E-state index >= 15 is 0 Å². The smallest absolute Gasteiger partial charge is 0.213 e. The second-order valence-corrected chi connectivity index (χ2v) is 4.93. The zero-order chi connectivity index (χ0) is 11.7. The van der Waals surface area contributed by atoms with Crippen molar-refractivity contribution in [1.82, 2.24) is 4.98 Å². The molecule has 81 valence electrons. The largest absolute Gasteiger partial charge is 0.367 e. The quantitative estimate of drug-likeness (QED) is 0.696. The predicted octanol–water partition coefficient (Wildman–Crippen LogP) is 2.59. The molecule has 0 spiro atoms. The van der Waals surface area contributed by atoms with Crippen molar-refractivity contribution in [3.63, 3.8) is 0 Å². The average Bonchev–Trinajstić information content (AvgIpc) is 2.71. The van der Waals surface area contributed by atoms with Gasteiger partial charge in [0.05, 0.1) is 0 Å². The van der Waals surface area contributed by atoms with Gasteiger partial charge < -0.3 is 4.98 Å². The van der Waals surface area contributed by atoms with Crippen molar-refractivity contribution in [3.05, 3.63) is 59.1 Å². The number of nitrogens with one attached hydrogen (secondary N) is 1. The molecule has 2 aromatic carbocycles. The summed E-state index contributed by atoms with van der Waals surface area (Å²) in [5, 5.41) is 1.23. The molecule has 1 heterocycles. The number of hydrogen-bond acceptors (Lipinski definition) is 0. The lowest BCUT2D eigenvalue weighted by molar-refractivity contribution is 1.53. The number of fused-ring (bicyclic) bond motifs is 1. The van der Waals surface area contributed by atoms with Gasteiger partial charge in [0.15, 0.2) is 0 Å². The van der Waals surface area contributed by atoms with Crippen LogP contribution >= 0.6 is 15.9 Å². The lowest BCUT2D eigenvalue weighted by Gasteiger charge is -1.95. The van der Waals surface area contributed by atoms with Crippen LogP contribution < -0.4 is 11.1 Å². The van der Waals surface area contributed by atoms with Gasteiger partial charge in [0.1, 0.15) is 0 Å². The molecule has 1 N–H and O–H groups in total. The summed E-state index contributed by atoms with van der Waals surface area (Å²) in [7, 11) is 2.15. The molecular weight excluding hydrogens is 273 g/mol. The van der Waals surface area contributed by atoms with E-state index in [1.807, 2.05) is 18.2 Å². The van der Waals surface area contributed by atoms with Crippen LogP contribution in [0.5, 0.6) is 0 Å². The van der Waals surface area contributed by atoms with Gasteiger partial charge in [0.25, 0.3) is 0 Å². The van der Waals surface area contributed by atoms with Crippen molar-refractivity contribution in [2.75, 3.05) is 0 Å². The maximum absolute atomic E-state index is 3.48. The molecule has 0 aliphatic rings. The highest BCUT2D eigenvalue weighted by Crippen LogP contribution is 2.17. The summed E-state index contributed by atoms with van der Waals surface area (Å²) >= 11 is 3.48. The maximum Gasteiger partial charge on any atom is 0.213 e. The van der Waals surface area contributed by atoms with Crippen LogP contribution in [0.25, 0.3) is 10.9 Å². The van der Waals surface area contributed by atoms with E-state index in [0.29, 0.717) is 0 Å². The van der Waals surface area contributed by atoms with Gasteiger partial charge in [-0.2, -0.15) is 0 Å². The van der Waals surface area contributed by atoms with Gasteiger partial charge in [0.2, 0.25) is 7.28 Å². The molecule has 0 atom stereocenters. The van der Waals surface area contributed by atoms with Gasteiger partial charge in [-0.15, -0.1) is 0 Å². The number of aromatic amines is 1. The minimum Gasteiger partial charge on any atom is -0.367 e. The lowest BCUT2D eigenvalue weighted by Crippen LogP contribution is -2.27. The highest BCUT2D eigenvalue weighted by Gasteiger charge is 2.03. The van der Waals surface area contributed by atoms with E-state index in [4.69, 9.17) is 0 Å². The third kappa shape index (κ3) is 2.29. The number of hydrogen-bond donors (Lipinski definition) is 1. The Morgan fingerprint density at radius 2 is 1.76 bits per heavy atom. The average molecular weight is 283 g/mol. The summed E-state index contributed by atoms with van der Waals surface area (Å²) in [4.78, 5) is 3.40. The molecule has 0 amide bonds. The third-order valence-corrected chi connectivity index (χ3v) is 3.22. The molecule has 0 bridgehead atoms. The molecular formula is C14H10BBrN.